The van der Waals surface area contributed by atoms with E-state index in [-0.39, 0.29) is 0 Å². The summed E-state index contributed by atoms with van der Waals surface area (Å²) in [7, 11) is 0. The minimum absolute atomic E-state index is 0.571. The maximum Gasteiger partial charge on any atom is 0.0164 e. The van der Waals surface area contributed by atoms with E-state index in [1.54, 1.807) is 0 Å². The molecule has 1 unspecified atom stereocenters. The van der Waals surface area contributed by atoms with Gasteiger partial charge in [0.25, 0.3) is 0 Å². The average Bonchev–Trinajstić information content (AvgIpc) is 2.52. The predicted molar refractivity (Wildman–Crippen MR) is 94.1 cm³/mol. The Labute approximate surface area is 133 Å². The first-order chi connectivity index (χ1) is 10.3. The Morgan fingerprint density at radius 2 is 1.71 bits per heavy atom. The van der Waals surface area contributed by atoms with Gasteiger partial charge >= 0.3 is 0 Å². The molecule has 0 spiro atoms. The van der Waals surface area contributed by atoms with Gasteiger partial charge in [0.15, 0.2) is 0 Å². The van der Waals surface area contributed by atoms with Gasteiger partial charge < -0.3 is 5.32 Å². The molecule has 2 rings (SSSR count). The Morgan fingerprint density at radius 3 is 2.38 bits per heavy atom. The van der Waals surface area contributed by atoms with Crippen LogP contribution in [0.5, 0.6) is 0 Å². The first-order valence-electron chi connectivity index (χ1n) is 7.74. The Bertz CT molecular complexity index is 507. The predicted octanol–water partition coefficient (Wildman–Crippen LogP) is 4.70. The molecule has 0 radical (unpaired) electrons. The SMILES string of the molecule is CCNC(CCc1ccccc1)CSc1ccc(C)cc1. The highest BCUT2D eigenvalue weighted by molar-refractivity contribution is 7.99. The molecule has 0 aromatic heterocycles. The number of thioether (sulfide) groups is 1. The van der Waals surface area contributed by atoms with E-state index in [0.717, 1.165) is 18.7 Å². The Balaban J connectivity index is 1.82. The number of rotatable bonds is 8. The van der Waals surface area contributed by atoms with Crippen LogP contribution >= 0.6 is 11.8 Å². The summed E-state index contributed by atoms with van der Waals surface area (Å²) in [5.41, 5.74) is 2.76. The van der Waals surface area contributed by atoms with Crippen LogP contribution in [0.4, 0.5) is 0 Å². The summed E-state index contributed by atoms with van der Waals surface area (Å²) in [6, 6.07) is 20.2. The molecule has 0 aliphatic carbocycles. The van der Waals surface area contributed by atoms with Crippen LogP contribution in [0, 0.1) is 6.92 Å². The summed E-state index contributed by atoms with van der Waals surface area (Å²) in [5, 5.41) is 3.61. The molecular weight excluding hydrogens is 274 g/mol. The highest BCUT2D eigenvalue weighted by atomic mass is 32.2. The van der Waals surface area contributed by atoms with Crippen molar-refractivity contribution in [1.29, 1.82) is 0 Å². The lowest BCUT2D eigenvalue weighted by atomic mass is 10.1. The molecule has 0 bridgehead atoms. The van der Waals surface area contributed by atoms with Crippen molar-refractivity contribution in [3.05, 3.63) is 65.7 Å². The van der Waals surface area contributed by atoms with E-state index < -0.39 is 0 Å². The third-order valence-corrected chi connectivity index (χ3v) is 4.76. The lowest BCUT2D eigenvalue weighted by molar-refractivity contribution is 0.537. The molecule has 21 heavy (non-hydrogen) atoms. The molecule has 0 fully saturated rings. The quantitative estimate of drug-likeness (QED) is 0.709. The van der Waals surface area contributed by atoms with E-state index in [0.29, 0.717) is 6.04 Å². The first kappa shape index (κ1) is 16.1. The van der Waals surface area contributed by atoms with Gasteiger partial charge in [0, 0.05) is 16.7 Å². The largest absolute Gasteiger partial charge is 0.313 e. The molecule has 1 N–H and O–H groups in total. The summed E-state index contributed by atoms with van der Waals surface area (Å²) in [6.45, 7) is 5.36. The molecule has 0 saturated carbocycles. The Hall–Kier alpha value is -1.25. The van der Waals surface area contributed by atoms with E-state index in [1.807, 2.05) is 11.8 Å². The van der Waals surface area contributed by atoms with Gasteiger partial charge in [-0.25, -0.2) is 0 Å². The number of hydrogen-bond donors (Lipinski definition) is 1. The minimum Gasteiger partial charge on any atom is -0.313 e. The smallest absolute Gasteiger partial charge is 0.0164 e. The van der Waals surface area contributed by atoms with Crippen molar-refractivity contribution in [2.24, 2.45) is 0 Å². The van der Waals surface area contributed by atoms with E-state index in [1.165, 1.54) is 22.4 Å². The number of nitrogens with one attached hydrogen (secondary N) is 1. The van der Waals surface area contributed by atoms with Gasteiger partial charge in [-0.3, -0.25) is 0 Å². The molecule has 1 atom stereocenters. The maximum absolute atomic E-state index is 3.61. The highest BCUT2D eigenvalue weighted by Gasteiger charge is 2.08. The van der Waals surface area contributed by atoms with Crippen LogP contribution in [-0.2, 0) is 6.42 Å². The summed E-state index contributed by atoms with van der Waals surface area (Å²) in [5.74, 6) is 1.13. The summed E-state index contributed by atoms with van der Waals surface area (Å²) < 4.78 is 0. The van der Waals surface area contributed by atoms with Crippen LogP contribution in [0.1, 0.15) is 24.5 Å². The zero-order chi connectivity index (χ0) is 14.9. The zero-order valence-electron chi connectivity index (χ0n) is 13.0. The van der Waals surface area contributed by atoms with Crippen LogP contribution in [0.25, 0.3) is 0 Å². The van der Waals surface area contributed by atoms with Crippen molar-refractivity contribution in [1.82, 2.24) is 5.32 Å². The molecule has 0 aliphatic heterocycles. The molecule has 1 nitrogen and oxygen atoms in total. The van der Waals surface area contributed by atoms with Crippen LogP contribution in [-0.4, -0.2) is 18.3 Å². The molecule has 0 amide bonds. The summed E-state index contributed by atoms with van der Waals surface area (Å²) in [6.07, 6.45) is 2.34. The highest BCUT2D eigenvalue weighted by Crippen LogP contribution is 2.20. The lowest BCUT2D eigenvalue weighted by Crippen LogP contribution is -2.31. The van der Waals surface area contributed by atoms with E-state index >= 15 is 0 Å². The van der Waals surface area contributed by atoms with Gasteiger partial charge in [-0.2, -0.15) is 0 Å². The second-order valence-corrected chi connectivity index (χ2v) is 6.50. The van der Waals surface area contributed by atoms with Crippen molar-refractivity contribution >= 4 is 11.8 Å². The topological polar surface area (TPSA) is 12.0 Å². The Morgan fingerprint density at radius 1 is 1.00 bits per heavy atom. The standard InChI is InChI=1S/C19H25NS/c1-3-20-18(12-11-17-7-5-4-6-8-17)15-21-19-13-9-16(2)10-14-19/h4-10,13-14,18,20H,3,11-12,15H2,1-2H3. The molecule has 2 aromatic rings. The fourth-order valence-electron chi connectivity index (χ4n) is 2.35. The van der Waals surface area contributed by atoms with Gasteiger partial charge in [-0.1, -0.05) is 55.0 Å². The fourth-order valence-corrected chi connectivity index (χ4v) is 3.36. The van der Waals surface area contributed by atoms with Crippen molar-refractivity contribution in [2.75, 3.05) is 12.3 Å². The van der Waals surface area contributed by atoms with Crippen LogP contribution in [0.15, 0.2) is 59.5 Å². The second-order valence-electron chi connectivity index (χ2n) is 5.40. The average molecular weight is 299 g/mol. The van der Waals surface area contributed by atoms with E-state index in [2.05, 4.69) is 73.8 Å². The Kier molecular flexibility index (Phi) is 6.84. The van der Waals surface area contributed by atoms with E-state index in [9.17, 15) is 0 Å². The molecule has 2 aromatic carbocycles. The lowest BCUT2D eigenvalue weighted by Gasteiger charge is -2.17. The van der Waals surface area contributed by atoms with Gasteiger partial charge in [-0.15, -0.1) is 11.8 Å². The first-order valence-corrected chi connectivity index (χ1v) is 8.73. The van der Waals surface area contributed by atoms with Gasteiger partial charge in [-0.05, 0) is 44.0 Å². The molecule has 112 valence electrons. The normalized spacial score (nSPS) is 12.3. The molecule has 2 heteroatoms. The van der Waals surface area contributed by atoms with Gasteiger partial charge in [0.1, 0.15) is 0 Å². The molecule has 0 saturated heterocycles. The van der Waals surface area contributed by atoms with Crippen molar-refractivity contribution in [3.63, 3.8) is 0 Å². The summed E-state index contributed by atoms with van der Waals surface area (Å²) in [4.78, 5) is 1.36. The summed E-state index contributed by atoms with van der Waals surface area (Å²) >= 11 is 1.95. The third-order valence-electron chi connectivity index (χ3n) is 3.59. The van der Waals surface area contributed by atoms with E-state index in [4.69, 9.17) is 0 Å². The van der Waals surface area contributed by atoms with Crippen LogP contribution in [0.2, 0.25) is 0 Å². The van der Waals surface area contributed by atoms with Crippen molar-refractivity contribution in [3.8, 4) is 0 Å². The molecular formula is C19H25NS. The fraction of sp³-hybridized carbons (Fsp3) is 0.368. The van der Waals surface area contributed by atoms with Crippen molar-refractivity contribution in [2.45, 2.75) is 37.6 Å². The minimum atomic E-state index is 0.571. The second kappa shape index (κ2) is 8.91. The van der Waals surface area contributed by atoms with Crippen LogP contribution in [0.3, 0.4) is 0 Å². The number of hydrogen-bond acceptors (Lipinski definition) is 2. The number of aryl methyl sites for hydroxylation is 2. The molecule has 0 aliphatic rings. The van der Waals surface area contributed by atoms with Gasteiger partial charge in [0.2, 0.25) is 0 Å². The monoisotopic (exact) mass is 299 g/mol. The number of benzene rings is 2. The zero-order valence-corrected chi connectivity index (χ0v) is 13.8. The van der Waals surface area contributed by atoms with Crippen LogP contribution < -0.4 is 5.32 Å². The third kappa shape index (κ3) is 5.94. The van der Waals surface area contributed by atoms with Gasteiger partial charge in [0.05, 0.1) is 0 Å². The maximum atomic E-state index is 3.61. The molecule has 0 heterocycles. The van der Waals surface area contributed by atoms with Crippen molar-refractivity contribution < 1.29 is 0 Å².